The van der Waals surface area contributed by atoms with E-state index in [1.54, 1.807) is 0 Å². The van der Waals surface area contributed by atoms with Crippen molar-refractivity contribution in [2.75, 3.05) is 5.73 Å². The van der Waals surface area contributed by atoms with Crippen LogP contribution in [0.3, 0.4) is 0 Å². The van der Waals surface area contributed by atoms with Crippen LogP contribution in [-0.2, 0) is 0 Å². The minimum atomic E-state index is -0.291. The predicted molar refractivity (Wildman–Crippen MR) is 94.7 cm³/mol. The van der Waals surface area contributed by atoms with Crippen molar-refractivity contribution in [1.82, 2.24) is 14.8 Å². The van der Waals surface area contributed by atoms with Gasteiger partial charge in [-0.05, 0) is 18.9 Å². The Morgan fingerprint density at radius 3 is 2.42 bits per heavy atom. The molecule has 0 saturated carbocycles. The van der Waals surface area contributed by atoms with Gasteiger partial charge in [0.1, 0.15) is 0 Å². The molecule has 0 aliphatic carbocycles. The lowest BCUT2D eigenvalue weighted by molar-refractivity contribution is 0.0862. The molecule has 5 nitrogen and oxygen atoms in total. The molecule has 0 amide bonds. The van der Waals surface area contributed by atoms with E-state index in [9.17, 15) is 4.79 Å². The summed E-state index contributed by atoms with van der Waals surface area (Å²) in [5.41, 5.74) is 8.89. The minimum absolute atomic E-state index is 0.116. The van der Waals surface area contributed by atoms with Crippen LogP contribution in [0.2, 0.25) is 0 Å². The van der Waals surface area contributed by atoms with Crippen LogP contribution in [0.4, 0.5) is 5.95 Å². The second kappa shape index (κ2) is 6.66. The first kappa shape index (κ1) is 15.9. The molecule has 1 heterocycles. The molecule has 3 rings (SSSR count). The molecule has 5 heteroatoms. The molecule has 0 saturated heterocycles. The largest absolute Gasteiger partial charge is 0.368 e. The Hall–Kier alpha value is -2.95. The third-order valence-corrected chi connectivity index (χ3v) is 4.06. The van der Waals surface area contributed by atoms with E-state index in [4.69, 9.17) is 5.73 Å². The smallest absolute Gasteiger partial charge is 0.257 e. The van der Waals surface area contributed by atoms with Crippen molar-refractivity contribution < 1.29 is 4.79 Å². The van der Waals surface area contributed by atoms with Crippen molar-refractivity contribution in [3.05, 3.63) is 65.7 Å². The third kappa shape index (κ3) is 3.06. The first-order valence-electron chi connectivity index (χ1n) is 7.99. The number of anilines is 1. The lowest BCUT2D eigenvalue weighted by Gasteiger charge is -2.13. The van der Waals surface area contributed by atoms with E-state index in [-0.39, 0.29) is 17.8 Å². The van der Waals surface area contributed by atoms with Crippen LogP contribution in [0.25, 0.3) is 11.4 Å². The SMILES string of the molecule is CC[C@H](C(=O)n1nc(-c2ccc(C)cc2)nc1N)c1ccccc1. The molecule has 122 valence electrons. The summed E-state index contributed by atoms with van der Waals surface area (Å²) in [5, 5.41) is 4.33. The van der Waals surface area contributed by atoms with Crippen LogP contribution in [0, 0.1) is 6.92 Å². The Balaban J connectivity index is 1.94. The number of benzene rings is 2. The van der Waals surface area contributed by atoms with E-state index in [0.717, 1.165) is 16.7 Å². The van der Waals surface area contributed by atoms with Crippen LogP contribution < -0.4 is 5.73 Å². The second-order valence-electron chi connectivity index (χ2n) is 5.78. The van der Waals surface area contributed by atoms with Crippen molar-refractivity contribution in [2.24, 2.45) is 0 Å². The molecule has 2 N–H and O–H groups in total. The van der Waals surface area contributed by atoms with Gasteiger partial charge in [-0.3, -0.25) is 4.79 Å². The first-order valence-corrected chi connectivity index (χ1v) is 7.99. The van der Waals surface area contributed by atoms with Gasteiger partial charge in [-0.15, -0.1) is 5.10 Å². The van der Waals surface area contributed by atoms with Gasteiger partial charge in [0.15, 0.2) is 5.82 Å². The molecule has 2 aromatic carbocycles. The number of carbonyl (C=O) groups excluding carboxylic acids is 1. The number of nitrogens with two attached hydrogens (primary N) is 1. The van der Waals surface area contributed by atoms with E-state index in [2.05, 4.69) is 10.1 Å². The molecular weight excluding hydrogens is 300 g/mol. The van der Waals surface area contributed by atoms with Crippen LogP contribution >= 0.6 is 0 Å². The molecule has 3 aromatic rings. The minimum Gasteiger partial charge on any atom is -0.368 e. The van der Waals surface area contributed by atoms with Gasteiger partial charge >= 0.3 is 0 Å². The summed E-state index contributed by atoms with van der Waals surface area (Å²) in [5.74, 6) is 0.127. The highest BCUT2D eigenvalue weighted by Gasteiger charge is 2.24. The molecule has 0 aliphatic rings. The number of hydrogen-bond donors (Lipinski definition) is 1. The van der Waals surface area contributed by atoms with Crippen molar-refractivity contribution in [1.29, 1.82) is 0 Å². The second-order valence-corrected chi connectivity index (χ2v) is 5.78. The van der Waals surface area contributed by atoms with E-state index < -0.39 is 0 Å². The maximum absolute atomic E-state index is 12.9. The van der Waals surface area contributed by atoms with E-state index in [1.165, 1.54) is 4.68 Å². The average molecular weight is 320 g/mol. The number of nitrogen functional groups attached to an aromatic ring is 1. The van der Waals surface area contributed by atoms with Crippen molar-refractivity contribution >= 4 is 11.9 Å². The highest BCUT2D eigenvalue weighted by Crippen LogP contribution is 2.24. The Bertz CT molecular complexity index is 838. The maximum atomic E-state index is 12.9. The van der Waals surface area contributed by atoms with Gasteiger partial charge in [0.25, 0.3) is 5.91 Å². The van der Waals surface area contributed by atoms with Crippen molar-refractivity contribution in [3.63, 3.8) is 0 Å². The third-order valence-electron chi connectivity index (χ3n) is 4.06. The summed E-state index contributed by atoms with van der Waals surface area (Å²) in [7, 11) is 0. The Morgan fingerprint density at radius 1 is 1.12 bits per heavy atom. The highest BCUT2D eigenvalue weighted by atomic mass is 16.2. The molecule has 0 aliphatic heterocycles. The van der Waals surface area contributed by atoms with Crippen LogP contribution in [0.1, 0.15) is 35.2 Å². The number of nitrogens with zero attached hydrogens (tertiary/aromatic N) is 3. The molecular formula is C19H20N4O. The maximum Gasteiger partial charge on any atom is 0.257 e. The van der Waals surface area contributed by atoms with Crippen LogP contribution in [-0.4, -0.2) is 20.7 Å². The molecule has 1 aromatic heterocycles. The molecule has 0 unspecified atom stereocenters. The van der Waals surface area contributed by atoms with E-state index in [0.29, 0.717) is 12.2 Å². The topological polar surface area (TPSA) is 73.8 Å². The summed E-state index contributed by atoms with van der Waals surface area (Å²) < 4.78 is 1.22. The Kier molecular flexibility index (Phi) is 4.42. The van der Waals surface area contributed by atoms with E-state index >= 15 is 0 Å². The van der Waals surface area contributed by atoms with Crippen molar-refractivity contribution in [3.8, 4) is 11.4 Å². The van der Waals surface area contributed by atoms with Gasteiger partial charge in [0.2, 0.25) is 5.95 Å². The fraction of sp³-hybridized carbons (Fsp3) is 0.211. The number of hydrogen-bond acceptors (Lipinski definition) is 4. The first-order chi connectivity index (χ1) is 11.6. The van der Waals surface area contributed by atoms with Gasteiger partial charge in [0, 0.05) is 5.56 Å². The molecule has 0 spiro atoms. The number of aromatic nitrogens is 3. The van der Waals surface area contributed by atoms with Gasteiger partial charge in [-0.2, -0.15) is 9.67 Å². The number of carbonyl (C=O) groups is 1. The molecule has 1 atom stereocenters. The molecule has 0 radical (unpaired) electrons. The van der Waals surface area contributed by atoms with Crippen LogP contribution in [0.5, 0.6) is 0 Å². The standard InChI is InChI=1S/C19H20N4O/c1-3-16(14-7-5-4-6-8-14)18(24)23-19(20)21-17(22-23)15-11-9-13(2)10-12-15/h4-12,16H,3H2,1-2H3,(H2,20,21,22)/t16-/m0/s1. The number of aryl methyl sites for hydroxylation is 1. The van der Waals surface area contributed by atoms with Gasteiger partial charge in [-0.1, -0.05) is 67.1 Å². The number of rotatable bonds is 4. The lowest BCUT2D eigenvalue weighted by Crippen LogP contribution is -2.22. The summed E-state index contributed by atoms with van der Waals surface area (Å²) in [6.07, 6.45) is 0.669. The van der Waals surface area contributed by atoms with Gasteiger partial charge in [-0.25, -0.2) is 0 Å². The van der Waals surface area contributed by atoms with Crippen molar-refractivity contribution in [2.45, 2.75) is 26.2 Å². The average Bonchev–Trinajstić information content (AvgIpc) is 2.99. The molecule has 24 heavy (non-hydrogen) atoms. The fourth-order valence-corrected chi connectivity index (χ4v) is 2.70. The zero-order chi connectivity index (χ0) is 17.1. The monoisotopic (exact) mass is 320 g/mol. The summed E-state index contributed by atoms with van der Waals surface area (Å²) in [6, 6.07) is 17.5. The predicted octanol–water partition coefficient (Wildman–Crippen LogP) is 3.67. The molecule has 0 bridgehead atoms. The zero-order valence-electron chi connectivity index (χ0n) is 13.8. The fourth-order valence-electron chi connectivity index (χ4n) is 2.70. The summed E-state index contributed by atoms with van der Waals surface area (Å²) >= 11 is 0. The zero-order valence-corrected chi connectivity index (χ0v) is 13.8. The Morgan fingerprint density at radius 2 is 1.79 bits per heavy atom. The quantitative estimate of drug-likeness (QED) is 0.796. The van der Waals surface area contributed by atoms with E-state index in [1.807, 2.05) is 68.4 Å². The van der Waals surface area contributed by atoms with Gasteiger partial charge < -0.3 is 5.73 Å². The van der Waals surface area contributed by atoms with Crippen LogP contribution in [0.15, 0.2) is 54.6 Å². The Labute approximate surface area is 141 Å². The summed E-state index contributed by atoms with van der Waals surface area (Å²) in [4.78, 5) is 17.1. The summed E-state index contributed by atoms with van der Waals surface area (Å²) in [6.45, 7) is 3.99. The highest BCUT2D eigenvalue weighted by molar-refractivity contribution is 5.87. The normalized spacial score (nSPS) is 12.1. The molecule has 0 fully saturated rings. The lowest BCUT2D eigenvalue weighted by atomic mass is 9.96. The van der Waals surface area contributed by atoms with Gasteiger partial charge in [0.05, 0.1) is 5.92 Å².